The lowest BCUT2D eigenvalue weighted by molar-refractivity contribution is -0.140. The Kier molecular flexibility index (Phi) is 4.37. The summed E-state index contributed by atoms with van der Waals surface area (Å²) in [5.41, 5.74) is 0. The van der Waals surface area contributed by atoms with Crippen LogP contribution in [0.1, 0.15) is 13.3 Å². The Labute approximate surface area is 60.6 Å². The zero-order chi connectivity index (χ0) is 7.98. The molecule has 0 aliphatic heterocycles. The second-order valence-corrected chi connectivity index (χ2v) is 1.71. The number of carbonyl (C=O) groups excluding carboxylic acids is 1. The first-order valence-corrected chi connectivity index (χ1v) is 3.00. The Bertz CT molecular complexity index is 138. The van der Waals surface area contributed by atoms with Gasteiger partial charge in [0.15, 0.2) is 0 Å². The first-order valence-electron chi connectivity index (χ1n) is 3.00. The summed E-state index contributed by atoms with van der Waals surface area (Å²) in [5.74, 6) is 0.349. The number of hydrogen-bond acceptors (Lipinski definition) is 3. The molecule has 0 radical (unpaired) electrons. The predicted molar refractivity (Wildman–Crippen MR) is 37.4 cm³/mol. The fourth-order valence-electron chi connectivity index (χ4n) is 0.507. The van der Waals surface area contributed by atoms with Crippen molar-refractivity contribution >= 4 is 5.97 Å². The van der Waals surface area contributed by atoms with Gasteiger partial charge in [-0.05, 0) is 13.0 Å². The highest BCUT2D eigenvalue weighted by molar-refractivity contribution is 5.71. The molecular formula is C7H12O3. The largest absolute Gasteiger partial charge is 0.501 e. The van der Waals surface area contributed by atoms with E-state index in [0.29, 0.717) is 5.76 Å². The summed E-state index contributed by atoms with van der Waals surface area (Å²) in [6.45, 7) is 1.81. The molecule has 0 aliphatic rings. The Morgan fingerprint density at radius 1 is 1.40 bits per heavy atom. The van der Waals surface area contributed by atoms with E-state index in [-0.39, 0.29) is 12.4 Å². The summed E-state index contributed by atoms with van der Waals surface area (Å²) < 4.78 is 9.26. The number of ether oxygens (including phenoxy) is 2. The minimum Gasteiger partial charge on any atom is -0.501 e. The average Bonchev–Trinajstić information content (AvgIpc) is 1.99. The van der Waals surface area contributed by atoms with E-state index in [4.69, 9.17) is 4.74 Å². The molecule has 0 heterocycles. The van der Waals surface area contributed by atoms with Crippen molar-refractivity contribution in [3.63, 3.8) is 0 Å². The van der Waals surface area contributed by atoms with Crippen LogP contribution in [0, 0.1) is 0 Å². The molecule has 0 aromatic carbocycles. The van der Waals surface area contributed by atoms with Crippen LogP contribution in [0.15, 0.2) is 11.8 Å². The molecule has 0 rings (SSSR count). The number of methoxy groups -OCH3 is 2. The smallest absolute Gasteiger partial charge is 0.313 e. The van der Waals surface area contributed by atoms with E-state index < -0.39 is 0 Å². The molecule has 3 heteroatoms. The van der Waals surface area contributed by atoms with Crippen molar-refractivity contribution in [1.29, 1.82) is 0 Å². The zero-order valence-corrected chi connectivity index (χ0v) is 6.51. The van der Waals surface area contributed by atoms with Crippen molar-refractivity contribution in [2.75, 3.05) is 14.2 Å². The standard InChI is InChI=1S/C7H12O3/c1-4-6(9-2)5-7(8)10-3/h4H,5H2,1-3H3. The molecule has 10 heavy (non-hydrogen) atoms. The fourth-order valence-corrected chi connectivity index (χ4v) is 0.507. The van der Waals surface area contributed by atoms with Gasteiger partial charge < -0.3 is 9.47 Å². The average molecular weight is 144 g/mol. The van der Waals surface area contributed by atoms with Crippen LogP contribution in [-0.4, -0.2) is 20.2 Å². The van der Waals surface area contributed by atoms with E-state index >= 15 is 0 Å². The van der Waals surface area contributed by atoms with Gasteiger partial charge in [0.25, 0.3) is 0 Å². The lowest BCUT2D eigenvalue weighted by Gasteiger charge is -2.02. The van der Waals surface area contributed by atoms with Gasteiger partial charge in [0.05, 0.1) is 14.2 Å². The minimum atomic E-state index is -0.282. The van der Waals surface area contributed by atoms with Gasteiger partial charge in [-0.1, -0.05) is 0 Å². The molecule has 0 unspecified atom stereocenters. The molecule has 0 saturated carbocycles. The first-order chi connectivity index (χ1) is 4.74. The van der Waals surface area contributed by atoms with Crippen LogP contribution >= 0.6 is 0 Å². The van der Waals surface area contributed by atoms with Crippen LogP contribution in [-0.2, 0) is 14.3 Å². The third-order valence-corrected chi connectivity index (χ3v) is 1.13. The van der Waals surface area contributed by atoms with Gasteiger partial charge in [-0.15, -0.1) is 0 Å². The maximum atomic E-state index is 10.6. The number of esters is 1. The van der Waals surface area contributed by atoms with Crippen LogP contribution in [0.25, 0.3) is 0 Å². The molecule has 0 bridgehead atoms. The molecule has 0 aromatic rings. The van der Waals surface area contributed by atoms with Gasteiger partial charge in [0, 0.05) is 0 Å². The van der Waals surface area contributed by atoms with Gasteiger partial charge in [-0.3, -0.25) is 4.79 Å². The second-order valence-electron chi connectivity index (χ2n) is 1.71. The normalized spacial score (nSPS) is 10.9. The first kappa shape index (κ1) is 9.01. The summed E-state index contributed by atoms with van der Waals surface area (Å²) in [7, 11) is 2.88. The number of hydrogen-bond donors (Lipinski definition) is 0. The zero-order valence-electron chi connectivity index (χ0n) is 6.51. The Morgan fingerprint density at radius 2 is 2.00 bits per heavy atom. The molecule has 0 fully saturated rings. The number of rotatable bonds is 3. The minimum absolute atomic E-state index is 0.212. The third kappa shape index (κ3) is 3.12. The maximum absolute atomic E-state index is 10.6. The van der Waals surface area contributed by atoms with E-state index in [1.54, 1.807) is 6.08 Å². The van der Waals surface area contributed by atoms with Gasteiger partial charge >= 0.3 is 5.97 Å². The van der Waals surface area contributed by atoms with Crippen LogP contribution in [0.3, 0.4) is 0 Å². The number of allylic oxidation sites excluding steroid dienone is 1. The Balaban J connectivity index is 3.76. The molecule has 0 N–H and O–H groups in total. The quantitative estimate of drug-likeness (QED) is 0.439. The van der Waals surface area contributed by atoms with E-state index in [9.17, 15) is 4.79 Å². The Hall–Kier alpha value is -0.990. The van der Waals surface area contributed by atoms with Gasteiger partial charge in [0.2, 0.25) is 0 Å². The molecule has 3 nitrogen and oxygen atoms in total. The highest BCUT2D eigenvalue weighted by atomic mass is 16.5. The molecular weight excluding hydrogens is 132 g/mol. The van der Waals surface area contributed by atoms with Crippen LogP contribution in [0.5, 0.6) is 0 Å². The molecule has 0 aliphatic carbocycles. The van der Waals surface area contributed by atoms with E-state index in [2.05, 4.69) is 4.74 Å². The van der Waals surface area contributed by atoms with Crippen molar-refractivity contribution in [1.82, 2.24) is 0 Å². The van der Waals surface area contributed by atoms with Crippen molar-refractivity contribution in [2.45, 2.75) is 13.3 Å². The lowest BCUT2D eigenvalue weighted by atomic mass is 10.3. The summed E-state index contributed by atoms with van der Waals surface area (Å²) in [4.78, 5) is 10.6. The van der Waals surface area contributed by atoms with E-state index in [1.807, 2.05) is 6.92 Å². The number of carbonyl (C=O) groups is 1. The summed E-state index contributed by atoms with van der Waals surface area (Å²) in [5, 5.41) is 0. The SMILES string of the molecule is CC=C(CC(=O)OC)OC. The maximum Gasteiger partial charge on any atom is 0.313 e. The molecule has 0 saturated heterocycles. The topological polar surface area (TPSA) is 35.5 Å². The van der Waals surface area contributed by atoms with E-state index in [0.717, 1.165) is 0 Å². The third-order valence-electron chi connectivity index (χ3n) is 1.13. The van der Waals surface area contributed by atoms with Crippen LogP contribution in [0.2, 0.25) is 0 Å². The van der Waals surface area contributed by atoms with E-state index in [1.165, 1.54) is 14.2 Å². The molecule has 0 aromatic heterocycles. The van der Waals surface area contributed by atoms with Crippen LogP contribution in [0.4, 0.5) is 0 Å². The van der Waals surface area contributed by atoms with Gasteiger partial charge in [0.1, 0.15) is 12.2 Å². The monoisotopic (exact) mass is 144 g/mol. The van der Waals surface area contributed by atoms with Crippen molar-refractivity contribution < 1.29 is 14.3 Å². The van der Waals surface area contributed by atoms with Crippen molar-refractivity contribution in [3.8, 4) is 0 Å². The summed E-state index contributed by atoms with van der Waals surface area (Å²) in [6.07, 6.45) is 1.94. The Morgan fingerprint density at radius 3 is 2.30 bits per heavy atom. The summed E-state index contributed by atoms with van der Waals surface area (Å²) in [6, 6.07) is 0. The molecule has 0 atom stereocenters. The lowest BCUT2D eigenvalue weighted by Crippen LogP contribution is -2.02. The fraction of sp³-hybridized carbons (Fsp3) is 0.571. The molecule has 0 spiro atoms. The summed E-state index contributed by atoms with van der Waals surface area (Å²) >= 11 is 0. The highest BCUT2D eigenvalue weighted by Gasteiger charge is 2.03. The molecule has 58 valence electrons. The van der Waals surface area contributed by atoms with Gasteiger partial charge in [-0.25, -0.2) is 0 Å². The highest BCUT2D eigenvalue weighted by Crippen LogP contribution is 2.01. The molecule has 0 amide bonds. The second kappa shape index (κ2) is 4.85. The van der Waals surface area contributed by atoms with Gasteiger partial charge in [-0.2, -0.15) is 0 Å². The van der Waals surface area contributed by atoms with Crippen molar-refractivity contribution in [3.05, 3.63) is 11.8 Å². The predicted octanol–water partition coefficient (Wildman–Crippen LogP) is 1.10. The van der Waals surface area contributed by atoms with Crippen LogP contribution < -0.4 is 0 Å². The van der Waals surface area contributed by atoms with Crippen molar-refractivity contribution in [2.24, 2.45) is 0 Å².